The molecule has 0 amide bonds. The molecule has 0 radical (unpaired) electrons. The third-order valence-corrected chi connectivity index (χ3v) is 3.49. The van der Waals surface area contributed by atoms with Gasteiger partial charge in [0.2, 0.25) is 0 Å². The summed E-state index contributed by atoms with van der Waals surface area (Å²) in [5.74, 6) is 0.755. The fraction of sp³-hybridized carbons (Fsp3) is 0.538. The topological polar surface area (TPSA) is 21.3 Å². The van der Waals surface area contributed by atoms with Gasteiger partial charge in [0.05, 0.1) is 5.02 Å². The lowest BCUT2D eigenvalue weighted by Gasteiger charge is -2.23. The maximum Gasteiger partial charge on any atom is 0.138 e. The van der Waals surface area contributed by atoms with Gasteiger partial charge in [0.25, 0.3) is 0 Å². The van der Waals surface area contributed by atoms with Crippen LogP contribution in [0.1, 0.15) is 19.8 Å². The summed E-state index contributed by atoms with van der Waals surface area (Å²) in [6, 6.07) is 4.26. The third kappa shape index (κ3) is 3.11. The summed E-state index contributed by atoms with van der Waals surface area (Å²) in [7, 11) is 0. The lowest BCUT2D eigenvalue weighted by Crippen LogP contribution is -2.28. The summed E-state index contributed by atoms with van der Waals surface area (Å²) >= 11 is 5.96. The molecule has 0 aromatic heterocycles. The van der Waals surface area contributed by atoms with Gasteiger partial charge in [0, 0.05) is 12.5 Å². The summed E-state index contributed by atoms with van der Waals surface area (Å²) in [6.45, 7) is 4.12. The maximum absolute atomic E-state index is 12.9. The quantitative estimate of drug-likeness (QED) is 0.894. The second kappa shape index (κ2) is 5.69. The molecule has 1 aromatic rings. The van der Waals surface area contributed by atoms with Crippen LogP contribution >= 0.6 is 11.6 Å². The molecule has 1 saturated heterocycles. The number of halogens is 2. The van der Waals surface area contributed by atoms with Gasteiger partial charge in [-0.05, 0) is 37.6 Å². The predicted molar refractivity (Wildman–Crippen MR) is 67.1 cm³/mol. The molecule has 1 aliphatic heterocycles. The van der Waals surface area contributed by atoms with E-state index in [4.69, 9.17) is 16.3 Å². The number of rotatable bonds is 4. The van der Waals surface area contributed by atoms with E-state index in [2.05, 4.69) is 12.2 Å². The minimum absolute atomic E-state index is 0.146. The Morgan fingerprint density at radius 3 is 3.00 bits per heavy atom. The SMILES string of the molecule is CC[C@H](Oc1ccc(F)cc1Cl)[C@H]1CCNC1. The Balaban J connectivity index is 2.06. The zero-order valence-corrected chi connectivity index (χ0v) is 10.6. The highest BCUT2D eigenvalue weighted by Gasteiger charge is 2.25. The Labute approximate surface area is 106 Å². The molecule has 2 atom stereocenters. The Hall–Kier alpha value is -0.800. The Bertz CT molecular complexity index is 380. The van der Waals surface area contributed by atoms with E-state index in [1.165, 1.54) is 12.1 Å². The van der Waals surface area contributed by atoms with E-state index in [1.54, 1.807) is 6.07 Å². The Kier molecular flexibility index (Phi) is 4.24. The first-order valence-electron chi connectivity index (χ1n) is 6.03. The minimum Gasteiger partial charge on any atom is -0.489 e. The zero-order valence-electron chi connectivity index (χ0n) is 9.88. The number of benzene rings is 1. The van der Waals surface area contributed by atoms with E-state index in [0.29, 0.717) is 16.7 Å². The average molecular weight is 258 g/mol. The van der Waals surface area contributed by atoms with Crippen LogP contribution in [-0.4, -0.2) is 19.2 Å². The van der Waals surface area contributed by atoms with Crippen molar-refractivity contribution < 1.29 is 9.13 Å². The van der Waals surface area contributed by atoms with Crippen LogP contribution < -0.4 is 10.1 Å². The molecule has 1 aromatic carbocycles. The molecule has 94 valence electrons. The van der Waals surface area contributed by atoms with E-state index in [1.807, 2.05) is 0 Å². The number of ether oxygens (including phenoxy) is 1. The minimum atomic E-state index is -0.335. The highest BCUT2D eigenvalue weighted by Crippen LogP contribution is 2.29. The predicted octanol–water partition coefficient (Wildman–Crippen LogP) is 3.25. The van der Waals surface area contributed by atoms with Crippen LogP contribution in [0.2, 0.25) is 5.02 Å². The average Bonchev–Trinajstić information content (AvgIpc) is 2.81. The van der Waals surface area contributed by atoms with Crippen LogP contribution in [0.3, 0.4) is 0 Å². The fourth-order valence-corrected chi connectivity index (χ4v) is 2.45. The first-order valence-corrected chi connectivity index (χ1v) is 6.41. The van der Waals surface area contributed by atoms with Crippen molar-refractivity contribution in [2.24, 2.45) is 5.92 Å². The monoisotopic (exact) mass is 257 g/mol. The lowest BCUT2D eigenvalue weighted by atomic mass is 9.99. The molecule has 17 heavy (non-hydrogen) atoms. The van der Waals surface area contributed by atoms with Gasteiger partial charge in [-0.25, -0.2) is 4.39 Å². The van der Waals surface area contributed by atoms with Crippen LogP contribution in [0.5, 0.6) is 5.75 Å². The molecule has 2 nitrogen and oxygen atoms in total. The van der Waals surface area contributed by atoms with E-state index in [0.717, 1.165) is 25.9 Å². The van der Waals surface area contributed by atoms with E-state index in [9.17, 15) is 4.39 Å². The molecule has 4 heteroatoms. The van der Waals surface area contributed by atoms with Gasteiger partial charge in [0.1, 0.15) is 17.7 Å². The van der Waals surface area contributed by atoms with Crippen molar-refractivity contribution in [3.63, 3.8) is 0 Å². The third-order valence-electron chi connectivity index (χ3n) is 3.20. The van der Waals surface area contributed by atoms with Gasteiger partial charge >= 0.3 is 0 Å². The van der Waals surface area contributed by atoms with Crippen LogP contribution in [0.15, 0.2) is 18.2 Å². The van der Waals surface area contributed by atoms with Crippen molar-refractivity contribution in [2.45, 2.75) is 25.9 Å². The van der Waals surface area contributed by atoms with Crippen LogP contribution in [0, 0.1) is 11.7 Å². The summed E-state index contributed by atoms with van der Waals surface area (Å²) in [5.41, 5.74) is 0. The van der Waals surface area contributed by atoms with E-state index < -0.39 is 0 Å². The van der Waals surface area contributed by atoms with Crippen molar-refractivity contribution in [1.29, 1.82) is 0 Å². The van der Waals surface area contributed by atoms with Gasteiger partial charge in [-0.2, -0.15) is 0 Å². The van der Waals surface area contributed by atoms with Gasteiger partial charge in [-0.1, -0.05) is 18.5 Å². The highest BCUT2D eigenvalue weighted by molar-refractivity contribution is 6.32. The fourth-order valence-electron chi connectivity index (χ4n) is 2.24. The summed E-state index contributed by atoms with van der Waals surface area (Å²) in [5, 5.41) is 3.67. The van der Waals surface area contributed by atoms with Gasteiger partial charge in [0.15, 0.2) is 0 Å². The summed E-state index contributed by atoms with van der Waals surface area (Å²) in [6.07, 6.45) is 2.20. The molecule has 2 rings (SSSR count). The number of hydrogen-bond donors (Lipinski definition) is 1. The van der Waals surface area contributed by atoms with Crippen molar-refractivity contribution in [1.82, 2.24) is 5.32 Å². The van der Waals surface area contributed by atoms with Gasteiger partial charge < -0.3 is 10.1 Å². The van der Waals surface area contributed by atoms with Crippen molar-refractivity contribution >= 4 is 11.6 Å². The van der Waals surface area contributed by atoms with Gasteiger partial charge in [-0.3, -0.25) is 0 Å². The first kappa shape index (κ1) is 12.7. The molecule has 0 saturated carbocycles. The van der Waals surface area contributed by atoms with Crippen molar-refractivity contribution in [3.05, 3.63) is 29.0 Å². The highest BCUT2D eigenvalue weighted by atomic mass is 35.5. The zero-order chi connectivity index (χ0) is 12.3. The second-order valence-electron chi connectivity index (χ2n) is 4.39. The Morgan fingerprint density at radius 1 is 1.59 bits per heavy atom. The van der Waals surface area contributed by atoms with Crippen LogP contribution in [0.4, 0.5) is 4.39 Å². The van der Waals surface area contributed by atoms with Crippen molar-refractivity contribution in [3.8, 4) is 5.75 Å². The molecule has 1 fully saturated rings. The van der Waals surface area contributed by atoms with Crippen LogP contribution in [-0.2, 0) is 0 Å². The molecule has 1 N–H and O–H groups in total. The molecule has 0 unspecified atom stereocenters. The van der Waals surface area contributed by atoms with Crippen molar-refractivity contribution in [2.75, 3.05) is 13.1 Å². The van der Waals surface area contributed by atoms with E-state index >= 15 is 0 Å². The molecule has 0 aliphatic carbocycles. The summed E-state index contributed by atoms with van der Waals surface area (Å²) < 4.78 is 18.8. The first-order chi connectivity index (χ1) is 8.20. The molecule has 1 aliphatic rings. The Morgan fingerprint density at radius 2 is 2.41 bits per heavy atom. The molecule has 1 heterocycles. The summed E-state index contributed by atoms with van der Waals surface area (Å²) in [4.78, 5) is 0. The molecule has 0 bridgehead atoms. The molecular weight excluding hydrogens is 241 g/mol. The maximum atomic E-state index is 12.9. The largest absolute Gasteiger partial charge is 0.489 e. The van der Waals surface area contributed by atoms with Gasteiger partial charge in [-0.15, -0.1) is 0 Å². The smallest absolute Gasteiger partial charge is 0.138 e. The molecule has 0 spiro atoms. The normalized spacial score (nSPS) is 21.5. The number of nitrogens with one attached hydrogen (secondary N) is 1. The van der Waals surface area contributed by atoms with E-state index in [-0.39, 0.29) is 11.9 Å². The number of hydrogen-bond acceptors (Lipinski definition) is 2. The second-order valence-corrected chi connectivity index (χ2v) is 4.80. The molecular formula is C13H17ClFNO. The van der Waals surface area contributed by atoms with Crippen LogP contribution in [0.25, 0.3) is 0 Å². The standard InChI is InChI=1S/C13H17ClFNO/c1-2-12(9-5-6-16-8-9)17-13-4-3-10(15)7-11(13)14/h3-4,7,9,12,16H,2,5-6,8H2,1H3/t9-,12-/m0/s1. The lowest BCUT2D eigenvalue weighted by molar-refractivity contribution is 0.138.